The Morgan fingerprint density at radius 3 is 2.33 bits per heavy atom. The topological polar surface area (TPSA) is 18.5 Å². The van der Waals surface area contributed by atoms with Crippen molar-refractivity contribution < 1.29 is 9.47 Å². The molecule has 0 aromatic carbocycles. The van der Waals surface area contributed by atoms with Crippen molar-refractivity contribution in [2.24, 2.45) is 0 Å². The molecule has 1 saturated heterocycles. The minimum atomic E-state index is -0.557. The first kappa shape index (κ1) is 9.57. The first-order chi connectivity index (χ1) is 5.43. The van der Waals surface area contributed by atoms with E-state index >= 15 is 0 Å². The lowest BCUT2D eigenvalue weighted by Crippen LogP contribution is -2.34. The van der Waals surface area contributed by atoms with Gasteiger partial charge in [0.15, 0.2) is 11.4 Å². The van der Waals surface area contributed by atoms with Gasteiger partial charge in [-0.25, -0.2) is 0 Å². The molecule has 0 unspecified atom stereocenters. The third kappa shape index (κ3) is 1.48. The van der Waals surface area contributed by atoms with E-state index in [1.807, 2.05) is 27.7 Å². The number of ether oxygens (including phenoxy) is 2. The summed E-state index contributed by atoms with van der Waals surface area (Å²) in [6, 6.07) is 0. The molecule has 1 aliphatic rings. The van der Waals surface area contributed by atoms with E-state index in [2.05, 4.69) is 5.92 Å². The summed E-state index contributed by atoms with van der Waals surface area (Å²) in [7, 11) is 0. The van der Waals surface area contributed by atoms with Gasteiger partial charge in [0.2, 0.25) is 0 Å². The summed E-state index contributed by atoms with van der Waals surface area (Å²) in [5, 5.41) is 0. The van der Waals surface area contributed by atoms with Gasteiger partial charge in [-0.3, -0.25) is 0 Å². The van der Waals surface area contributed by atoms with Crippen LogP contribution in [0.15, 0.2) is 0 Å². The zero-order valence-electron chi connectivity index (χ0n) is 8.18. The molecule has 0 aromatic heterocycles. The molecule has 0 amide bonds. The van der Waals surface area contributed by atoms with E-state index in [9.17, 15) is 0 Å². The molecule has 0 radical (unpaired) electrons. The van der Waals surface area contributed by atoms with Crippen LogP contribution in [0.3, 0.4) is 0 Å². The largest absolute Gasteiger partial charge is 0.343 e. The highest BCUT2D eigenvalue weighted by Gasteiger charge is 2.48. The van der Waals surface area contributed by atoms with Gasteiger partial charge in [-0.05, 0) is 27.2 Å². The quantitative estimate of drug-likeness (QED) is 0.557. The van der Waals surface area contributed by atoms with Crippen molar-refractivity contribution in [1.29, 1.82) is 0 Å². The number of hydrogen-bond donors (Lipinski definition) is 0. The molecular formula is C10H16O2. The van der Waals surface area contributed by atoms with Crippen LogP contribution in [0.2, 0.25) is 0 Å². The van der Waals surface area contributed by atoms with Crippen LogP contribution in [0.4, 0.5) is 0 Å². The summed E-state index contributed by atoms with van der Waals surface area (Å²) in [4.78, 5) is 0. The predicted octanol–water partition coefficient (Wildman–Crippen LogP) is 1.94. The molecule has 1 rings (SSSR count). The van der Waals surface area contributed by atoms with Crippen molar-refractivity contribution in [3.63, 3.8) is 0 Å². The number of rotatable bonds is 1. The van der Waals surface area contributed by atoms with Gasteiger partial charge in [0.1, 0.15) is 6.10 Å². The molecular weight excluding hydrogens is 152 g/mol. The van der Waals surface area contributed by atoms with E-state index in [1.165, 1.54) is 0 Å². The fourth-order valence-corrected chi connectivity index (χ4v) is 1.65. The summed E-state index contributed by atoms with van der Waals surface area (Å²) >= 11 is 0. The van der Waals surface area contributed by atoms with E-state index in [4.69, 9.17) is 15.9 Å². The molecule has 68 valence electrons. The second-order valence-corrected chi connectivity index (χ2v) is 3.77. The average Bonchev–Trinajstić information content (AvgIpc) is 2.22. The lowest BCUT2D eigenvalue weighted by Gasteiger charge is -2.21. The Hall–Kier alpha value is -0.520. The number of hydrogen-bond acceptors (Lipinski definition) is 2. The zero-order valence-corrected chi connectivity index (χ0v) is 8.18. The van der Waals surface area contributed by atoms with Crippen LogP contribution in [-0.4, -0.2) is 17.5 Å². The van der Waals surface area contributed by atoms with Crippen LogP contribution in [-0.2, 0) is 9.47 Å². The Bertz CT molecular complexity index is 214. The molecule has 2 nitrogen and oxygen atoms in total. The van der Waals surface area contributed by atoms with E-state index < -0.39 is 11.4 Å². The smallest absolute Gasteiger partial charge is 0.165 e. The molecule has 2 atom stereocenters. The Labute approximate surface area is 74.2 Å². The highest BCUT2D eigenvalue weighted by Crippen LogP contribution is 2.37. The monoisotopic (exact) mass is 168 g/mol. The van der Waals surface area contributed by atoms with Crippen LogP contribution in [0.5, 0.6) is 0 Å². The molecule has 0 aliphatic carbocycles. The minimum absolute atomic E-state index is 0.0116. The van der Waals surface area contributed by atoms with Crippen molar-refractivity contribution in [3.05, 3.63) is 0 Å². The highest BCUT2D eigenvalue weighted by molar-refractivity contribution is 5.13. The highest BCUT2D eigenvalue weighted by atomic mass is 16.8. The summed E-state index contributed by atoms with van der Waals surface area (Å²) in [6.07, 6.45) is 6.29. The van der Waals surface area contributed by atoms with E-state index in [0.717, 1.165) is 6.42 Å². The van der Waals surface area contributed by atoms with Crippen LogP contribution in [0, 0.1) is 12.3 Å². The molecule has 1 aliphatic heterocycles. The number of terminal acetylenes is 1. The molecule has 2 heteroatoms. The van der Waals surface area contributed by atoms with E-state index in [1.54, 1.807) is 0 Å². The first-order valence-corrected chi connectivity index (χ1v) is 4.29. The van der Waals surface area contributed by atoms with Crippen LogP contribution in [0.1, 0.15) is 34.1 Å². The predicted molar refractivity (Wildman–Crippen MR) is 47.6 cm³/mol. The molecule has 0 N–H and O–H groups in total. The molecule has 0 saturated carbocycles. The van der Waals surface area contributed by atoms with Gasteiger partial charge >= 0.3 is 0 Å². The van der Waals surface area contributed by atoms with Crippen LogP contribution >= 0.6 is 0 Å². The second kappa shape index (κ2) is 2.76. The fourth-order valence-electron chi connectivity index (χ4n) is 1.65. The van der Waals surface area contributed by atoms with Crippen molar-refractivity contribution in [1.82, 2.24) is 0 Å². The molecule has 0 bridgehead atoms. The fraction of sp³-hybridized carbons (Fsp3) is 0.800. The lowest BCUT2D eigenvalue weighted by atomic mass is 9.99. The van der Waals surface area contributed by atoms with Gasteiger partial charge in [0.25, 0.3) is 0 Å². The summed E-state index contributed by atoms with van der Waals surface area (Å²) in [5.74, 6) is 2.11. The van der Waals surface area contributed by atoms with Crippen molar-refractivity contribution in [2.45, 2.75) is 51.6 Å². The van der Waals surface area contributed by atoms with Crippen LogP contribution < -0.4 is 0 Å². The minimum Gasteiger partial charge on any atom is -0.343 e. The van der Waals surface area contributed by atoms with Gasteiger partial charge in [-0.2, -0.15) is 0 Å². The average molecular weight is 168 g/mol. The van der Waals surface area contributed by atoms with E-state index in [-0.39, 0.29) is 6.10 Å². The third-order valence-electron chi connectivity index (χ3n) is 2.16. The third-order valence-corrected chi connectivity index (χ3v) is 2.16. The molecule has 12 heavy (non-hydrogen) atoms. The second-order valence-electron chi connectivity index (χ2n) is 3.77. The van der Waals surface area contributed by atoms with Gasteiger partial charge < -0.3 is 9.47 Å². The molecule has 0 aromatic rings. The maximum absolute atomic E-state index is 5.64. The summed E-state index contributed by atoms with van der Waals surface area (Å²) in [5.41, 5.74) is -0.557. The Morgan fingerprint density at radius 1 is 1.42 bits per heavy atom. The van der Waals surface area contributed by atoms with Gasteiger partial charge in [0, 0.05) is 0 Å². The van der Waals surface area contributed by atoms with E-state index in [0.29, 0.717) is 0 Å². The lowest BCUT2D eigenvalue weighted by molar-refractivity contribution is -0.152. The first-order valence-electron chi connectivity index (χ1n) is 4.29. The molecule has 1 heterocycles. The van der Waals surface area contributed by atoms with Crippen molar-refractivity contribution in [3.8, 4) is 12.3 Å². The Kier molecular flexibility index (Phi) is 2.20. The van der Waals surface area contributed by atoms with Crippen molar-refractivity contribution in [2.75, 3.05) is 0 Å². The van der Waals surface area contributed by atoms with Crippen molar-refractivity contribution >= 4 is 0 Å². The summed E-state index contributed by atoms with van der Waals surface area (Å²) < 4.78 is 11.3. The van der Waals surface area contributed by atoms with Crippen LogP contribution in [0.25, 0.3) is 0 Å². The summed E-state index contributed by atoms with van der Waals surface area (Å²) in [6.45, 7) is 7.72. The van der Waals surface area contributed by atoms with Gasteiger partial charge in [-0.15, -0.1) is 6.42 Å². The standard InChI is InChI=1S/C10H16O2/c1-6-8-10(5,7-2)12-9(3,4)11-8/h2,8H,6H2,1,3-5H3/t8-,10+/m1/s1. The Morgan fingerprint density at radius 2 is 2.00 bits per heavy atom. The molecule has 1 fully saturated rings. The SMILES string of the molecule is C#C[C@]1(C)OC(C)(C)O[C@@H]1CC. The normalized spacial score (nSPS) is 39.4. The molecule has 0 spiro atoms. The zero-order chi connectivity index (χ0) is 9.41. The Balaban J connectivity index is 2.85. The van der Waals surface area contributed by atoms with Gasteiger partial charge in [-0.1, -0.05) is 12.8 Å². The maximum atomic E-state index is 5.64. The maximum Gasteiger partial charge on any atom is 0.165 e. The van der Waals surface area contributed by atoms with Gasteiger partial charge in [0.05, 0.1) is 0 Å².